The number of likely N-dealkylation sites (N-methyl/N-ethyl adjacent to an activating group) is 1. The zero-order chi connectivity index (χ0) is 14.4. The fourth-order valence-corrected chi connectivity index (χ4v) is 1.82. The highest BCUT2D eigenvalue weighted by Gasteiger charge is 2.17. The van der Waals surface area contributed by atoms with E-state index in [1.54, 1.807) is 30.1 Å². The fourth-order valence-electron chi connectivity index (χ4n) is 1.82. The maximum Gasteiger partial charge on any atom is 0.340 e. The molecule has 1 atom stereocenters. The fraction of sp³-hybridized carbons (Fsp3) is 0.462. The van der Waals surface area contributed by atoms with E-state index >= 15 is 0 Å². The van der Waals surface area contributed by atoms with Gasteiger partial charge in [0.2, 0.25) is 0 Å². The first-order chi connectivity index (χ1) is 8.99. The minimum absolute atomic E-state index is 0.229. The second-order valence-corrected chi connectivity index (χ2v) is 4.26. The van der Waals surface area contributed by atoms with Crippen molar-refractivity contribution in [2.24, 2.45) is 0 Å². The van der Waals surface area contributed by atoms with Gasteiger partial charge in [-0.15, -0.1) is 0 Å². The number of nitrogens with zero attached hydrogens (tertiary/aromatic N) is 1. The van der Waals surface area contributed by atoms with Crippen molar-refractivity contribution in [3.63, 3.8) is 0 Å². The largest absolute Gasteiger partial charge is 0.465 e. The second-order valence-electron chi connectivity index (χ2n) is 4.26. The molecule has 0 radical (unpaired) electrons. The minimum atomic E-state index is -0.641. The maximum absolute atomic E-state index is 11.7. The number of anilines is 2. The van der Waals surface area contributed by atoms with Crippen LogP contribution in [0.15, 0.2) is 18.2 Å². The Kier molecular flexibility index (Phi) is 5.59. The van der Waals surface area contributed by atoms with Crippen molar-refractivity contribution < 1.29 is 19.4 Å². The van der Waals surface area contributed by atoms with Crippen LogP contribution in [0.1, 0.15) is 10.4 Å². The van der Waals surface area contributed by atoms with Crippen LogP contribution in [0.5, 0.6) is 0 Å². The number of nitrogens with two attached hydrogens (primary N) is 1. The number of rotatable bonds is 6. The smallest absolute Gasteiger partial charge is 0.340 e. The Morgan fingerprint density at radius 1 is 1.47 bits per heavy atom. The number of methoxy groups -OCH3 is 2. The molecule has 1 unspecified atom stereocenters. The van der Waals surface area contributed by atoms with E-state index in [4.69, 9.17) is 15.2 Å². The van der Waals surface area contributed by atoms with E-state index < -0.39 is 12.1 Å². The van der Waals surface area contributed by atoms with Gasteiger partial charge in [0, 0.05) is 26.4 Å². The van der Waals surface area contributed by atoms with Gasteiger partial charge in [-0.25, -0.2) is 4.79 Å². The summed E-state index contributed by atoms with van der Waals surface area (Å²) >= 11 is 0. The number of benzene rings is 1. The molecule has 0 saturated heterocycles. The molecule has 1 rings (SSSR count). The molecular weight excluding hydrogens is 248 g/mol. The van der Waals surface area contributed by atoms with Crippen LogP contribution < -0.4 is 10.6 Å². The van der Waals surface area contributed by atoms with Crippen LogP contribution in [0.4, 0.5) is 11.4 Å². The number of hydrogen-bond donors (Lipinski definition) is 2. The van der Waals surface area contributed by atoms with Crippen LogP contribution in [-0.4, -0.2) is 51.6 Å². The molecular formula is C13H20N2O4. The standard InChI is InChI=1S/C13H20N2O4/c1-15(7-10(16)8-18-2)12-5-4-9(14)6-11(12)13(17)19-3/h4-6,10,16H,7-8,14H2,1-3H3. The number of aliphatic hydroxyl groups is 1. The summed E-state index contributed by atoms with van der Waals surface area (Å²) in [5, 5.41) is 9.71. The van der Waals surface area contributed by atoms with Gasteiger partial charge in [-0.1, -0.05) is 0 Å². The highest BCUT2D eigenvalue weighted by molar-refractivity contribution is 5.96. The molecule has 0 fully saturated rings. The van der Waals surface area contributed by atoms with Gasteiger partial charge in [-0.3, -0.25) is 0 Å². The van der Waals surface area contributed by atoms with Crippen molar-refractivity contribution in [1.82, 2.24) is 0 Å². The van der Waals surface area contributed by atoms with Crippen LogP contribution in [0.2, 0.25) is 0 Å². The van der Waals surface area contributed by atoms with Crippen molar-refractivity contribution in [3.05, 3.63) is 23.8 Å². The number of aliphatic hydroxyl groups excluding tert-OH is 1. The first-order valence-corrected chi connectivity index (χ1v) is 5.85. The van der Waals surface area contributed by atoms with Gasteiger partial charge in [-0.2, -0.15) is 0 Å². The summed E-state index contributed by atoms with van der Waals surface area (Å²) < 4.78 is 9.60. The number of hydrogen-bond acceptors (Lipinski definition) is 6. The van der Waals surface area contributed by atoms with E-state index in [0.29, 0.717) is 23.5 Å². The number of carbonyl (C=O) groups excluding carboxylic acids is 1. The van der Waals surface area contributed by atoms with Crippen LogP contribution in [0.25, 0.3) is 0 Å². The average Bonchev–Trinajstić information content (AvgIpc) is 2.37. The predicted octanol–water partition coefficient (Wildman–Crippen LogP) is 0.499. The topological polar surface area (TPSA) is 85.0 Å². The van der Waals surface area contributed by atoms with Gasteiger partial charge in [-0.05, 0) is 18.2 Å². The highest BCUT2D eigenvalue weighted by atomic mass is 16.5. The van der Waals surface area contributed by atoms with Crippen LogP contribution in [-0.2, 0) is 9.47 Å². The molecule has 0 saturated carbocycles. The molecule has 0 bridgehead atoms. The van der Waals surface area contributed by atoms with Gasteiger partial charge in [0.1, 0.15) is 0 Å². The predicted molar refractivity (Wildman–Crippen MR) is 73.3 cm³/mol. The Morgan fingerprint density at radius 2 is 2.16 bits per heavy atom. The normalized spacial score (nSPS) is 12.0. The van der Waals surface area contributed by atoms with Crippen molar-refractivity contribution in [1.29, 1.82) is 0 Å². The highest BCUT2D eigenvalue weighted by Crippen LogP contribution is 2.23. The summed E-state index contributed by atoms with van der Waals surface area (Å²) in [4.78, 5) is 13.5. The molecule has 19 heavy (non-hydrogen) atoms. The molecule has 0 aliphatic rings. The molecule has 1 aromatic rings. The van der Waals surface area contributed by atoms with Crippen molar-refractivity contribution in [2.45, 2.75) is 6.10 Å². The minimum Gasteiger partial charge on any atom is -0.465 e. The monoisotopic (exact) mass is 268 g/mol. The van der Waals surface area contributed by atoms with E-state index in [1.807, 2.05) is 0 Å². The Bertz CT molecular complexity index is 437. The summed E-state index contributed by atoms with van der Waals surface area (Å²) in [7, 11) is 4.61. The molecule has 0 aliphatic heterocycles. The van der Waals surface area contributed by atoms with Crippen LogP contribution >= 0.6 is 0 Å². The summed E-state index contributed by atoms with van der Waals surface area (Å²) in [6.07, 6.45) is -0.641. The van der Waals surface area contributed by atoms with E-state index in [1.165, 1.54) is 14.2 Å². The third-order valence-electron chi connectivity index (χ3n) is 2.68. The molecule has 0 aliphatic carbocycles. The van der Waals surface area contributed by atoms with Gasteiger partial charge in [0.15, 0.2) is 0 Å². The first-order valence-electron chi connectivity index (χ1n) is 5.85. The lowest BCUT2D eigenvalue weighted by molar-refractivity contribution is 0.0599. The Balaban J connectivity index is 2.95. The SMILES string of the molecule is COCC(O)CN(C)c1ccc(N)cc1C(=O)OC. The summed E-state index contributed by atoms with van der Waals surface area (Å²) in [5.74, 6) is -0.463. The lowest BCUT2D eigenvalue weighted by Crippen LogP contribution is -2.32. The lowest BCUT2D eigenvalue weighted by atomic mass is 10.1. The third kappa shape index (κ3) is 4.11. The average molecular weight is 268 g/mol. The van der Waals surface area contributed by atoms with Crippen molar-refractivity contribution in [2.75, 3.05) is 45.1 Å². The molecule has 0 heterocycles. The first kappa shape index (κ1) is 15.3. The Morgan fingerprint density at radius 3 is 2.74 bits per heavy atom. The van der Waals surface area contributed by atoms with Gasteiger partial charge < -0.3 is 25.2 Å². The lowest BCUT2D eigenvalue weighted by Gasteiger charge is -2.24. The summed E-state index contributed by atoms with van der Waals surface area (Å²) in [6, 6.07) is 4.97. The van der Waals surface area contributed by atoms with E-state index in [9.17, 15) is 9.90 Å². The van der Waals surface area contributed by atoms with Gasteiger partial charge in [0.05, 0.1) is 31.1 Å². The molecule has 6 heteroatoms. The zero-order valence-electron chi connectivity index (χ0n) is 11.4. The van der Waals surface area contributed by atoms with Crippen LogP contribution in [0, 0.1) is 0 Å². The van der Waals surface area contributed by atoms with E-state index in [2.05, 4.69) is 0 Å². The second kappa shape index (κ2) is 6.96. The van der Waals surface area contributed by atoms with Gasteiger partial charge >= 0.3 is 5.97 Å². The summed E-state index contributed by atoms with van der Waals surface area (Å²) in [6.45, 7) is 0.564. The number of esters is 1. The molecule has 6 nitrogen and oxygen atoms in total. The molecule has 0 aromatic heterocycles. The van der Waals surface area contributed by atoms with E-state index in [-0.39, 0.29) is 6.61 Å². The Labute approximate surface area is 112 Å². The quantitative estimate of drug-likeness (QED) is 0.577. The Hall–Kier alpha value is -1.79. The molecule has 0 amide bonds. The third-order valence-corrected chi connectivity index (χ3v) is 2.68. The van der Waals surface area contributed by atoms with Crippen molar-refractivity contribution >= 4 is 17.3 Å². The van der Waals surface area contributed by atoms with Crippen LogP contribution in [0.3, 0.4) is 0 Å². The van der Waals surface area contributed by atoms with Crippen molar-refractivity contribution in [3.8, 4) is 0 Å². The van der Waals surface area contributed by atoms with E-state index in [0.717, 1.165) is 0 Å². The maximum atomic E-state index is 11.7. The molecule has 0 spiro atoms. The molecule has 1 aromatic carbocycles. The van der Waals surface area contributed by atoms with Gasteiger partial charge in [0.25, 0.3) is 0 Å². The number of ether oxygens (including phenoxy) is 2. The molecule has 106 valence electrons. The summed E-state index contributed by atoms with van der Waals surface area (Å²) in [5.41, 5.74) is 7.17. The number of nitrogen functional groups attached to an aromatic ring is 1. The zero-order valence-corrected chi connectivity index (χ0v) is 11.4. The molecule has 3 N–H and O–H groups in total. The number of carbonyl (C=O) groups is 1.